The van der Waals surface area contributed by atoms with Gasteiger partial charge in [-0.3, -0.25) is 14.9 Å². The topological polar surface area (TPSA) is 95.7 Å². The lowest BCUT2D eigenvalue weighted by atomic mass is 9.99. The lowest BCUT2D eigenvalue weighted by Crippen LogP contribution is -2.20. The number of nitro groups is 1. The highest BCUT2D eigenvalue weighted by atomic mass is 16.6. The maximum absolute atomic E-state index is 13.2. The first kappa shape index (κ1) is 24.3. The van der Waals surface area contributed by atoms with Crippen molar-refractivity contribution < 1.29 is 24.0 Å². The average molecular weight is 482 g/mol. The van der Waals surface area contributed by atoms with Crippen LogP contribution in [0.5, 0.6) is 5.75 Å². The molecule has 0 spiro atoms. The molecule has 180 valence electrons. The zero-order valence-corrected chi connectivity index (χ0v) is 19.5. The number of ketones is 1. The molecule has 0 aliphatic heterocycles. The molecule has 0 bridgehead atoms. The van der Waals surface area contributed by atoms with Crippen LogP contribution in [0.25, 0.3) is 0 Å². The van der Waals surface area contributed by atoms with Gasteiger partial charge >= 0.3 is 5.97 Å². The Balaban J connectivity index is 1.50. The van der Waals surface area contributed by atoms with Crippen LogP contribution in [0.3, 0.4) is 0 Å². The van der Waals surface area contributed by atoms with Gasteiger partial charge in [0.25, 0.3) is 5.69 Å². The number of nitro benzene ring substituents is 1. The van der Waals surface area contributed by atoms with Crippen molar-refractivity contribution in [1.82, 2.24) is 0 Å². The van der Waals surface area contributed by atoms with Crippen molar-refractivity contribution >= 4 is 17.4 Å². The second-order valence-corrected chi connectivity index (χ2v) is 8.16. The first-order valence-corrected chi connectivity index (χ1v) is 11.2. The van der Waals surface area contributed by atoms with Crippen LogP contribution in [0, 0.1) is 17.0 Å². The molecule has 0 heterocycles. The van der Waals surface area contributed by atoms with Crippen molar-refractivity contribution in [3.63, 3.8) is 0 Å². The Morgan fingerprint density at radius 1 is 0.806 bits per heavy atom. The molecular formula is C29H23NO6. The molecule has 4 rings (SSSR count). The Bertz CT molecular complexity index is 1350. The summed E-state index contributed by atoms with van der Waals surface area (Å²) in [5.41, 5.74) is 2.84. The van der Waals surface area contributed by atoms with Crippen molar-refractivity contribution in [2.24, 2.45) is 0 Å². The van der Waals surface area contributed by atoms with Crippen molar-refractivity contribution in [1.29, 1.82) is 0 Å². The molecule has 0 N–H and O–H groups in total. The molecule has 1 atom stereocenters. The third-order valence-electron chi connectivity index (χ3n) is 5.54. The molecule has 0 amide bonds. The number of benzene rings is 4. The smallest absolute Gasteiger partial charge is 0.339 e. The third kappa shape index (κ3) is 6.01. The van der Waals surface area contributed by atoms with E-state index < -0.39 is 22.8 Å². The third-order valence-corrected chi connectivity index (χ3v) is 5.54. The molecule has 0 aromatic heterocycles. The summed E-state index contributed by atoms with van der Waals surface area (Å²) in [5.74, 6) is -0.371. The summed E-state index contributed by atoms with van der Waals surface area (Å²) in [6.07, 6.45) is -1.26. The fourth-order valence-electron chi connectivity index (χ4n) is 3.51. The monoisotopic (exact) mass is 481 g/mol. The Kier molecular flexibility index (Phi) is 7.51. The molecule has 0 aliphatic carbocycles. The molecule has 0 radical (unpaired) electrons. The Hall–Kier alpha value is -4.78. The van der Waals surface area contributed by atoms with Crippen LogP contribution in [0.1, 0.15) is 43.5 Å². The number of ether oxygens (including phenoxy) is 2. The zero-order valence-electron chi connectivity index (χ0n) is 19.5. The largest absolute Gasteiger partial charge is 0.489 e. The predicted molar refractivity (Wildman–Crippen MR) is 134 cm³/mol. The zero-order chi connectivity index (χ0) is 25.5. The van der Waals surface area contributed by atoms with Crippen molar-refractivity contribution in [3.8, 4) is 5.75 Å². The van der Waals surface area contributed by atoms with E-state index in [9.17, 15) is 19.7 Å². The van der Waals surface area contributed by atoms with Gasteiger partial charge in [-0.1, -0.05) is 60.2 Å². The maximum Gasteiger partial charge on any atom is 0.339 e. The van der Waals surface area contributed by atoms with Crippen LogP contribution in [-0.2, 0) is 11.3 Å². The normalized spacial score (nSPS) is 11.4. The highest BCUT2D eigenvalue weighted by Gasteiger charge is 2.27. The standard InChI is InChI=1S/C29H23NO6/c1-20-7-17-26(18-8-20)35-19-21-9-11-24(12-10-21)29(32)36-28(27(31)22-5-3-2-4-6-22)23-13-15-25(16-14-23)30(33)34/h2-18,28H,19H2,1H3/t28-/m1/s1. The van der Waals surface area contributed by atoms with E-state index >= 15 is 0 Å². The van der Waals surface area contributed by atoms with Gasteiger partial charge in [0.2, 0.25) is 5.78 Å². The molecule has 7 heteroatoms. The first-order valence-electron chi connectivity index (χ1n) is 11.2. The number of nitrogens with zero attached hydrogens (tertiary/aromatic N) is 1. The second kappa shape index (κ2) is 11.1. The van der Waals surface area contributed by atoms with E-state index in [4.69, 9.17) is 9.47 Å². The minimum Gasteiger partial charge on any atom is -0.489 e. The summed E-state index contributed by atoms with van der Waals surface area (Å²) in [5, 5.41) is 11.0. The van der Waals surface area contributed by atoms with Crippen molar-refractivity contribution in [2.45, 2.75) is 19.6 Å². The SMILES string of the molecule is Cc1ccc(OCc2ccc(C(=O)O[C@@H](C(=O)c3ccccc3)c3ccc([N+](=O)[O-])cc3)cc2)cc1. The Morgan fingerprint density at radius 3 is 2.06 bits per heavy atom. The van der Waals surface area contributed by atoms with Crippen LogP contribution < -0.4 is 4.74 Å². The Morgan fingerprint density at radius 2 is 1.44 bits per heavy atom. The Labute approximate surface area is 208 Å². The summed E-state index contributed by atoms with van der Waals surface area (Å²) >= 11 is 0. The van der Waals surface area contributed by atoms with Gasteiger partial charge in [0.15, 0.2) is 6.10 Å². The number of carbonyl (C=O) groups is 2. The molecule has 36 heavy (non-hydrogen) atoms. The molecule has 7 nitrogen and oxygen atoms in total. The molecular weight excluding hydrogens is 458 g/mol. The predicted octanol–water partition coefficient (Wildman–Crippen LogP) is 6.26. The van der Waals surface area contributed by atoms with E-state index in [0.29, 0.717) is 17.7 Å². The number of rotatable bonds is 9. The van der Waals surface area contributed by atoms with Gasteiger partial charge in [-0.15, -0.1) is 0 Å². The molecule has 0 unspecified atom stereocenters. The number of hydrogen-bond acceptors (Lipinski definition) is 6. The maximum atomic E-state index is 13.2. The summed E-state index contributed by atoms with van der Waals surface area (Å²) in [6, 6.07) is 28.3. The van der Waals surface area contributed by atoms with E-state index in [-0.39, 0.29) is 11.3 Å². The first-order chi connectivity index (χ1) is 17.4. The highest BCUT2D eigenvalue weighted by molar-refractivity contribution is 6.02. The summed E-state index contributed by atoms with van der Waals surface area (Å²) in [7, 11) is 0. The minimum absolute atomic E-state index is 0.126. The molecule has 4 aromatic rings. The second-order valence-electron chi connectivity index (χ2n) is 8.16. The summed E-state index contributed by atoms with van der Waals surface area (Å²) in [4.78, 5) is 36.6. The van der Waals surface area contributed by atoms with Crippen molar-refractivity contribution in [3.05, 3.63) is 141 Å². The molecule has 4 aromatic carbocycles. The quantitative estimate of drug-likeness (QED) is 0.121. The van der Waals surface area contributed by atoms with Gasteiger partial charge in [-0.2, -0.15) is 0 Å². The number of hydrogen-bond donors (Lipinski definition) is 0. The van der Waals surface area contributed by atoms with Gasteiger partial charge in [0, 0.05) is 23.3 Å². The fourth-order valence-corrected chi connectivity index (χ4v) is 3.51. The minimum atomic E-state index is -1.26. The summed E-state index contributed by atoms with van der Waals surface area (Å²) in [6.45, 7) is 2.33. The van der Waals surface area contributed by atoms with Crippen LogP contribution in [-0.4, -0.2) is 16.7 Å². The lowest BCUT2D eigenvalue weighted by molar-refractivity contribution is -0.384. The number of carbonyl (C=O) groups excluding carboxylic acids is 2. The molecule has 0 aliphatic rings. The van der Waals surface area contributed by atoms with Gasteiger partial charge in [0.05, 0.1) is 10.5 Å². The molecule has 0 saturated carbocycles. The lowest BCUT2D eigenvalue weighted by Gasteiger charge is -2.17. The van der Waals surface area contributed by atoms with Crippen LogP contribution >= 0.6 is 0 Å². The van der Waals surface area contributed by atoms with Gasteiger partial charge in [-0.25, -0.2) is 4.79 Å². The van der Waals surface area contributed by atoms with E-state index in [2.05, 4.69) is 0 Å². The number of aryl methyl sites for hydroxylation is 1. The van der Waals surface area contributed by atoms with Crippen molar-refractivity contribution in [2.75, 3.05) is 0 Å². The number of Topliss-reactive ketones (excluding diaryl/α,β-unsaturated/α-hetero) is 1. The van der Waals surface area contributed by atoms with Gasteiger partial charge in [0.1, 0.15) is 12.4 Å². The van der Waals surface area contributed by atoms with E-state index in [1.807, 2.05) is 31.2 Å². The van der Waals surface area contributed by atoms with E-state index in [0.717, 1.165) is 16.9 Å². The van der Waals surface area contributed by atoms with E-state index in [1.165, 1.54) is 24.3 Å². The summed E-state index contributed by atoms with van der Waals surface area (Å²) < 4.78 is 11.4. The molecule has 0 fully saturated rings. The fraction of sp³-hybridized carbons (Fsp3) is 0.103. The van der Waals surface area contributed by atoms with Crippen LogP contribution in [0.4, 0.5) is 5.69 Å². The van der Waals surface area contributed by atoms with Gasteiger partial charge in [-0.05, 0) is 48.9 Å². The molecule has 0 saturated heterocycles. The van der Waals surface area contributed by atoms with Crippen LogP contribution in [0.15, 0.2) is 103 Å². The number of non-ortho nitro benzene ring substituents is 1. The number of esters is 1. The average Bonchev–Trinajstić information content (AvgIpc) is 2.92. The van der Waals surface area contributed by atoms with Crippen LogP contribution in [0.2, 0.25) is 0 Å². The highest BCUT2D eigenvalue weighted by Crippen LogP contribution is 2.26. The van der Waals surface area contributed by atoms with E-state index in [1.54, 1.807) is 54.6 Å². The van der Waals surface area contributed by atoms with Gasteiger partial charge < -0.3 is 9.47 Å².